The van der Waals surface area contributed by atoms with Crippen LogP contribution < -0.4 is 0 Å². The molecular weight excluding hydrogens is 474 g/mol. The molecular formula is C31H25N5O2. The van der Waals surface area contributed by atoms with Gasteiger partial charge in [-0.1, -0.05) is 84.9 Å². The molecule has 1 aliphatic carbocycles. The predicted octanol–water partition coefficient (Wildman–Crippen LogP) is 5.28. The summed E-state index contributed by atoms with van der Waals surface area (Å²) >= 11 is 0. The first kappa shape index (κ1) is 22.4. The van der Waals surface area contributed by atoms with Crippen molar-refractivity contribution in [2.45, 2.75) is 31.3 Å². The van der Waals surface area contributed by atoms with Gasteiger partial charge in [0.2, 0.25) is 5.82 Å². The number of aromatic nitrogens is 4. The molecule has 0 saturated heterocycles. The number of benzene rings is 4. The van der Waals surface area contributed by atoms with E-state index in [1.165, 1.54) is 11.1 Å². The molecule has 7 heteroatoms. The van der Waals surface area contributed by atoms with Crippen molar-refractivity contribution in [3.8, 4) is 28.3 Å². The lowest BCUT2D eigenvalue weighted by molar-refractivity contribution is 0.0367. The van der Waals surface area contributed by atoms with Crippen LogP contribution in [0, 0.1) is 0 Å². The van der Waals surface area contributed by atoms with Crippen molar-refractivity contribution in [2.75, 3.05) is 0 Å². The molecule has 1 spiro atoms. The summed E-state index contributed by atoms with van der Waals surface area (Å²) in [6.45, 7) is 0.452. The summed E-state index contributed by atoms with van der Waals surface area (Å²) in [4.78, 5) is 16.0. The third-order valence-electron chi connectivity index (χ3n) is 8.03. The maximum absolute atomic E-state index is 14.0. The van der Waals surface area contributed by atoms with Gasteiger partial charge in [-0.2, -0.15) is 5.21 Å². The van der Waals surface area contributed by atoms with E-state index in [0.717, 1.165) is 40.7 Å². The van der Waals surface area contributed by atoms with Crippen molar-refractivity contribution in [3.63, 3.8) is 0 Å². The summed E-state index contributed by atoms with van der Waals surface area (Å²) in [6, 6.07) is 30.1. The van der Waals surface area contributed by atoms with E-state index in [0.29, 0.717) is 24.4 Å². The molecule has 1 aromatic heterocycles. The molecule has 4 aromatic carbocycles. The monoisotopic (exact) mass is 499 g/mol. The first-order chi connectivity index (χ1) is 18.6. The Morgan fingerprint density at radius 2 is 1.63 bits per heavy atom. The number of rotatable bonds is 4. The number of carbonyl (C=O) groups is 1. The van der Waals surface area contributed by atoms with Crippen LogP contribution in [0.3, 0.4) is 0 Å². The number of nitrogens with one attached hydrogen (secondary N) is 1. The van der Waals surface area contributed by atoms with Gasteiger partial charge in [-0.05, 0) is 57.5 Å². The SMILES string of the molecule is O=C1c2c(O)cccc2CC2(CCc3ccccc32)N1Cc1ccc(-c2ccccc2-c2nn[nH]n2)cc1. The standard InChI is InChI=1S/C31H25N5O2/c37-27-11-5-7-23-18-31(17-16-22-6-1-4-10-26(22)31)36(30(38)28(23)27)19-20-12-14-21(15-13-20)24-8-2-3-9-25(24)29-32-34-35-33-29/h1-15,37H,16-19H2,(H,32,33,34,35). The highest BCUT2D eigenvalue weighted by molar-refractivity contribution is 6.00. The molecule has 7 nitrogen and oxygen atoms in total. The third kappa shape index (κ3) is 3.43. The van der Waals surface area contributed by atoms with E-state index < -0.39 is 5.54 Å². The van der Waals surface area contributed by atoms with E-state index in [-0.39, 0.29) is 11.7 Å². The van der Waals surface area contributed by atoms with Crippen molar-refractivity contribution in [1.29, 1.82) is 0 Å². The van der Waals surface area contributed by atoms with E-state index in [2.05, 4.69) is 69.2 Å². The number of tetrazole rings is 1. The smallest absolute Gasteiger partial charge is 0.258 e. The van der Waals surface area contributed by atoms with Crippen LogP contribution in [-0.2, 0) is 24.9 Å². The molecule has 1 amide bonds. The highest BCUT2D eigenvalue weighted by Gasteiger charge is 2.50. The second-order valence-electron chi connectivity index (χ2n) is 10.0. The van der Waals surface area contributed by atoms with Gasteiger partial charge < -0.3 is 10.0 Å². The Hall–Kier alpha value is -4.78. The lowest BCUT2D eigenvalue weighted by atomic mass is 9.77. The number of fused-ring (bicyclic) bond motifs is 3. The zero-order valence-corrected chi connectivity index (χ0v) is 20.6. The van der Waals surface area contributed by atoms with Crippen molar-refractivity contribution in [2.24, 2.45) is 0 Å². The molecule has 1 unspecified atom stereocenters. The number of phenols is 1. The van der Waals surface area contributed by atoms with Crippen LogP contribution in [0.1, 0.15) is 39.0 Å². The zero-order chi connectivity index (χ0) is 25.7. The molecule has 0 bridgehead atoms. The van der Waals surface area contributed by atoms with E-state index in [9.17, 15) is 9.90 Å². The third-order valence-corrected chi connectivity index (χ3v) is 8.03. The maximum Gasteiger partial charge on any atom is 0.258 e. The average Bonchev–Trinajstić information content (AvgIpc) is 3.61. The zero-order valence-electron chi connectivity index (χ0n) is 20.6. The molecule has 2 N–H and O–H groups in total. The molecule has 38 heavy (non-hydrogen) atoms. The predicted molar refractivity (Wildman–Crippen MR) is 143 cm³/mol. The number of aromatic hydroxyl groups is 1. The number of hydrogen-bond acceptors (Lipinski definition) is 5. The number of nitrogens with zero attached hydrogens (tertiary/aromatic N) is 4. The maximum atomic E-state index is 14.0. The summed E-state index contributed by atoms with van der Waals surface area (Å²) in [5.74, 6) is 0.475. The average molecular weight is 500 g/mol. The van der Waals surface area contributed by atoms with Crippen molar-refractivity contribution < 1.29 is 9.90 Å². The van der Waals surface area contributed by atoms with Crippen LogP contribution in [-0.4, -0.2) is 36.5 Å². The number of H-pyrrole nitrogens is 1. The Kier molecular flexibility index (Phi) is 5.11. The van der Waals surface area contributed by atoms with Crippen LogP contribution in [0.15, 0.2) is 91.0 Å². The Bertz CT molecular complexity index is 1660. The number of hydrogen-bond donors (Lipinski definition) is 2. The van der Waals surface area contributed by atoms with E-state index in [1.807, 2.05) is 41.3 Å². The van der Waals surface area contributed by atoms with Gasteiger partial charge in [0, 0.05) is 18.5 Å². The minimum Gasteiger partial charge on any atom is -0.507 e. The fourth-order valence-electron chi connectivity index (χ4n) is 6.25. The molecule has 2 heterocycles. The molecule has 186 valence electrons. The number of aromatic amines is 1. The lowest BCUT2D eigenvalue weighted by Gasteiger charge is -2.46. The summed E-state index contributed by atoms with van der Waals surface area (Å²) in [5, 5.41) is 25.2. The molecule has 0 saturated carbocycles. The number of phenolic OH excluding ortho intramolecular Hbond substituents is 1. The Morgan fingerprint density at radius 3 is 2.45 bits per heavy atom. The first-order valence-electron chi connectivity index (χ1n) is 12.8. The largest absolute Gasteiger partial charge is 0.507 e. The Labute approximate surface area is 219 Å². The summed E-state index contributed by atoms with van der Waals surface area (Å²) in [6.07, 6.45) is 2.49. The van der Waals surface area contributed by atoms with Crippen molar-refractivity contribution in [1.82, 2.24) is 25.5 Å². The number of amides is 1. The van der Waals surface area contributed by atoms with Crippen molar-refractivity contribution in [3.05, 3.63) is 119 Å². The van der Waals surface area contributed by atoms with Gasteiger partial charge in [-0.25, -0.2) is 0 Å². The molecule has 1 atom stereocenters. The molecule has 5 aromatic rings. The topological polar surface area (TPSA) is 95.0 Å². The highest BCUT2D eigenvalue weighted by atomic mass is 16.3. The van der Waals surface area contributed by atoms with E-state index in [1.54, 1.807) is 6.07 Å². The second kappa shape index (κ2) is 8.66. The highest BCUT2D eigenvalue weighted by Crippen LogP contribution is 2.49. The quantitative estimate of drug-likeness (QED) is 0.351. The molecule has 2 aliphatic rings. The van der Waals surface area contributed by atoms with Gasteiger partial charge in [-0.15, -0.1) is 10.2 Å². The van der Waals surface area contributed by atoms with Gasteiger partial charge in [0.1, 0.15) is 5.75 Å². The van der Waals surface area contributed by atoms with Gasteiger partial charge >= 0.3 is 0 Å². The van der Waals surface area contributed by atoms with Crippen LogP contribution in [0.25, 0.3) is 22.5 Å². The number of carbonyl (C=O) groups excluding carboxylic acids is 1. The summed E-state index contributed by atoms with van der Waals surface area (Å²) < 4.78 is 0. The summed E-state index contributed by atoms with van der Waals surface area (Å²) in [7, 11) is 0. The van der Waals surface area contributed by atoms with Gasteiger partial charge in [-0.3, -0.25) is 4.79 Å². The second-order valence-corrected chi connectivity index (χ2v) is 10.0. The Morgan fingerprint density at radius 1 is 0.868 bits per heavy atom. The molecule has 1 aliphatic heterocycles. The normalized spacial score (nSPS) is 18.0. The molecule has 7 rings (SSSR count). The van der Waals surface area contributed by atoms with Crippen LogP contribution in [0.2, 0.25) is 0 Å². The summed E-state index contributed by atoms with van der Waals surface area (Å²) in [5.41, 5.74) is 7.38. The van der Waals surface area contributed by atoms with Crippen LogP contribution >= 0.6 is 0 Å². The Balaban J connectivity index is 1.27. The van der Waals surface area contributed by atoms with Crippen molar-refractivity contribution >= 4 is 5.91 Å². The van der Waals surface area contributed by atoms with Gasteiger partial charge in [0.05, 0.1) is 11.1 Å². The van der Waals surface area contributed by atoms with E-state index >= 15 is 0 Å². The fraction of sp³-hybridized carbons (Fsp3) is 0.161. The van der Waals surface area contributed by atoms with Gasteiger partial charge in [0.25, 0.3) is 5.91 Å². The minimum absolute atomic E-state index is 0.0482. The first-order valence-corrected chi connectivity index (χ1v) is 12.8. The molecule has 0 radical (unpaired) electrons. The van der Waals surface area contributed by atoms with Crippen LogP contribution in [0.5, 0.6) is 5.75 Å². The molecule has 0 fully saturated rings. The lowest BCUT2D eigenvalue weighted by Crippen LogP contribution is -2.52. The fourth-order valence-corrected chi connectivity index (χ4v) is 6.25. The van der Waals surface area contributed by atoms with E-state index in [4.69, 9.17) is 0 Å². The van der Waals surface area contributed by atoms with Crippen LogP contribution in [0.4, 0.5) is 0 Å². The minimum atomic E-state index is -0.432. The number of aryl methyl sites for hydroxylation is 1. The van der Waals surface area contributed by atoms with Gasteiger partial charge in [0.15, 0.2) is 0 Å².